The highest BCUT2D eigenvalue weighted by Crippen LogP contribution is 2.27. The molecule has 3 aromatic heterocycles. The zero-order valence-electron chi connectivity index (χ0n) is 13.2. The number of furan rings is 1. The smallest absolute Gasteiger partial charge is 0.255 e. The van der Waals surface area contributed by atoms with Crippen molar-refractivity contribution in [1.29, 1.82) is 0 Å². The van der Waals surface area contributed by atoms with E-state index in [0.717, 1.165) is 26.9 Å². The number of carbonyl (C=O) groups is 1. The molecule has 0 bridgehead atoms. The quantitative estimate of drug-likeness (QED) is 0.794. The number of amides is 1. The molecule has 1 amide bonds. The maximum absolute atomic E-state index is 12.2. The van der Waals surface area contributed by atoms with Crippen LogP contribution in [0.4, 0.5) is 0 Å². The van der Waals surface area contributed by atoms with Gasteiger partial charge < -0.3 is 9.73 Å². The van der Waals surface area contributed by atoms with Gasteiger partial charge in [0.05, 0.1) is 17.8 Å². The number of hydrogen-bond acceptors (Lipinski definition) is 5. The van der Waals surface area contributed by atoms with E-state index in [0.29, 0.717) is 17.9 Å². The number of carbonyl (C=O) groups excluding carboxylic acids is 1. The summed E-state index contributed by atoms with van der Waals surface area (Å²) >= 11 is 1.57. The molecule has 3 rings (SSSR count). The van der Waals surface area contributed by atoms with Gasteiger partial charge in [0, 0.05) is 22.8 Å². The van der Waals surface area contributed by atoms with Crippen LogP contribution in [0, 0.1) is 20.8 Å². The topological polar surface area (TPSA) is 68.0 Å². The Morgan fingerprint density at radius 2 is 2.17 bits per heavy atom. The van der Waals surface area contributed by atoms with Crippen molar-refractivity contribution in [2.75, 3.05) is 0 Å². The van der Waals surface area contributed by atoms with E-state index in [1.54, 1.807) is 36.7 Å². The van der Waals surface area contributed by atoms with Crippen LogP contribution in [0.1, 0.15) is 32.4 Å². The van der Waals surface area contributed by atoms with Gasteiger partial charge in [-0.2, -0.15) is 0 Å². The largest absolute Gasteiger partial charge is 0.466 e. The molecule has 3 heterocycles. The normalized spacial score (nSPS) is 10.7. The van der Waals surface area contributed by atoms with Crippen LogP contribution in [0.3, 0.4) is 0 Å². The van der Waals surface area contributed by atoms with Gasteiger partial charge in [-0.15, -0.1) is 11.3 Å². The number of nitrogens with zero attached hydrogens (tertiary/aromatic N) is 2. The van der Waals surface area contributed by atoms with Crippen LogP contribution in [-0.4, -0.2) is 15.9 Å². The first-order valence-electron chi connectivity index (χ1n) is 7.26. The maximum atomic E-state index is 12.2. The fourth-order valence-corrected chi connectivity index (χ4v) is 3.31. The van der Waals surface area contributed by atoms with Gasteiger partial charge in [0.1, 0.15) is 16.5 Å². The summed E-state index contributed by atoms with van der Waals surface area (Å²) < 4.78 is 5.40. The van der Waals surface area contributed by atoms with Gasteiger partial charge in [-0.1, -0.05) is 0 Å². The molecule has 0 aliphatic rings. The number of thiazole rings is 1. The van der Waals surface area contributed by atoms with Gasteiger partial charge in [0.2, 0.25) is 0 Å². The van der Waals surface area contributed by atoms with E-state index < -0.39 is 0 Å². The fourth-order valence-electron chi connectivity index (χ4n) is 2.32. The van der Waals surface area contributed by atoms with Gasteiger partial charge in [-0.05, 0) is 39.0 Å². The van der Waals surface area contributed by atoms with E-state index in [2.05, 4.69) is 15.3 Å². The molecule has 0 fully saturated rings. The number of pyridine rings is 1. The number of rotatable bonds is 4. The van der Waals surface area contributed by atoms with Crippen LogP contribution in [0.25, 0.3) is 10.6 Å². The molecule has 23 heavy (non-hydrogen) atoms. The summed E-state index contributed by atoms with van der Waals surface area (Å²) in [6.07, 6.45) is 3.53. The van der Waals surface area contributed by atoms with Crippen molar-refractivity contribution in [2.45, 2.75) is 27.3 Å². The summed E-state index contributed by atoms with van der Waals surface area (Å²) in [5.74, 6) is 1.24. The Hall–Kier alpha value is -2.47. The third-order valence-electron chi connectivity index (χ3n) is 3.50. The highest BCUT2D eigenvalue weighted by atomic mass is 32.1. The van der Waals surface area contributed by atoms with E-state index in [9.17, 15) is 4.79 Å². The predicted molar refractivity (Wildman–Crippen MR) is 89.4 cm³/mol. The molecule has 5 nitrogen and oxygen atoms in total. The van der Waals surface area contributed by atoms with E-state index in [1.807, 2.05) is 26.0 Å². The van der Waals surface area contributed by atoms with Crippen molar-refractivity contribution in [2.24, 2.45) is 0 Å². The molecule has 0 aliphatic heterocycles. The van der Waals surface area contributed by atoms with Gasteiger partial charge in [-0.25, -0.2) is 4.98 Å². The predicted octanol–water partition coefficient (Wildman–Crippen LogP) is 3.65. The highest BCUT2D eigenvalue weighted by molar-refractivity contribution is 7.15. The molecule has 0 radical (unpaired) electrons. The third kappa shape index (κ3) is 3.32. The molecule has 0 aliphatic carbocycles. The zero-order valence-corrected chi connectivity index (χ0v) is 14.0. The Balaban J connectivity index is 1.73. The lowest BCUT2D eigenvalue weighted by molar-refractivity contribution is 0.0949. The fraction of sp³-hybridized carbons (Fsp3) is 0.235. The van der Waals surface area contributed by atoms with Crippen LogP contribution in [0.15, 0.2) is 35.0 Å². The summed E-state index contributed by atoms with van der Waals surface area (Å²) in [4.78, 5) is 22.0. The lowest BCUT2D eigenvalue weighted by atomic mass is 10.2. The number of aromatic nitrogens is 2. The van der Waals surface area contributed by atoms with Crippen LogP contribution >= 0.6 is 11.3 Å². The van der Waals surface area contributed by atoms with E-state index >= 15 is 0 Å². The zero-order chi connectivity index (χ0) is 16.4. The van der Waals surface area contributed by atoms with Crippen LogP contribution in [-0.2, 0) is 6.54 Å². The Kier molecular flexibility index (Phi) is 4.25. The monoisotopic (exact) mass is 327 g/mol. The Morgan fingerprint density at radius 1 is 1.35 bits per heavy atom. The van der Waals surface area contributed by atoms with Gasteiger partial charge in [0.25, 0.3) is 5.91 Å². The first-order chi connectivity index (χ1) is 11.0. The van der Waals surface area contributed by atoms with Gasteiger partial charge in [-0.3, -0.25) is 9.78 Å². The average Bonchev–Trinajstić information content (AvgIpc) is 3.08. The number of nitrogens with one attached hydrogen (secondary N) is 1. The average molecular weight is 327 g/mol. The van der Waals surface area contributed by atoms with Crippen LogP contribution in [0.2, 0.25) is 0 Å². The van der Waals surface area contributed by atoms with Crippen molar-refractivity contribution in [1.82, 2.24) is 15.3 Å². The standard InChI is InChI=1S/C17H17N3O2S/c1-10-7-14(12(3)22-10)16(21)19-9-15-11(2)20-17(23-15)13-5-4-6-18-8-13/h4-8H,9H2,1-3H3,(H,19,21). The minimum Gasteiger partial charge on any atom is -0.466 e. The minimum atomic E-state index is -0.130. The molecule has 0 aromatic carbocycles. The highest BCUT2D eigenvalue weighted by Gasteiger charge is 2.15. The number of aryl methyl sites for hydroxylation is 3. The SMILES string of the molecule is Cc1cc(C(=O)NCc2sc(-c3cccnc3)nc2C)c(C)o1. The minimum absolute atomic E-state index is 0.130. The van der Waals surface area contributed by atoms with Crippen molar-refractivity contribution in [3.8, 4) is 10.6 Å². The summed E-state index contributed by atoms with van der Waals surface area (Å²) in [6, 6.07) is 5.62. The molecule has 118 valence electrons. The Labute approximate surface area is 138 Å². The summed E-state index contributed by atoms with van der Waals surface area (Å²) in [6.45, 7) is 6.02. The summed E-state index contributed by atoms with van der Waals surface area (Å²) in [5.41, 5.74) is 2.49. The van der Waals surface area contributed by atoms with Gasteiger partial charge in [0.15, 0.2) is 0 Å². The van der Waals surface area contributed by atoms with E-state index in [1.165, 1.54) is 0 Å². The molecule has 0 saturated carbocycles. The Bertz CT molecular complexity index is 837. The molecular weight excluding hydrogens is 310 g/mol. The summed E-state index contributed by atoms with van der Waals surface area (Å²) in [5, 5.41) is 3.84. The Morgan fingerprint density at radius 3 is 2.83 bits per heavy atom. The third-order valence-corrected chi connectivity index (χ3v) is 4.70. The second-order valence-electron chi connectivity index (χ2n) is 5.28. The van der Waals surface area contributed by atoms with E-state index in [-0.39, 0.29) is 5.91 Å². The van der Waals surface area contributed by atoms with E-state index in [4.69, 9.17) is 4.42 Å². The lowest BCUT2D eigenvalue weighted by Gasteiger charge is -2.02. The molecule has 0 atom stereocenters. The van der Waals surface area contributed by atoms with Crippen LogP contribution in [0.5, 0.6) is 0 Å². The molecule has 0 unspecified atom stereocenters. The molecule has 6 heteroatoms. The second kappa shape index (κ2) is 6.34. The molecule has 3 aromatic rings. The first kappa shape index (κ1) is 15.4. The van der Waals surface area contributed by atoms with Gasteiger partial charge >= 0.3 is 0 Å². The molecular formula is C17H17N3O2S. The van der Waals surface area contributed by atoms with Crippen molar-refractivity contribution in [3.63, 3.8) is 0 Å². The number of hydrogen-bond donors (Lipinski definition) is 1. The van der Waals surface area contributed by atoms with Crippen molar-refractivity contribution in [3.05, 3.63) is 58.2 Å². The lowest BCUT2D eigenvalue weighted by Crippen LogP contribution is -2.22. The van der Waals surface area contributed by atoms with Crippen molar-refractivity contribution < 1.29 is 9.21 Å². The molecule has 0 spiro atoms. The van der Waals surface area contributed by atoms with Crippen LogP contribution < -0.4 is 5.32 Å². The maximum Gasteiger partial charge on any atom is 0.255 e. The second-order valence-corrected chi connectivity index (χ2v) is 6.36. The molecule has 1 N–H and O–H groups in total. The molecule has 0 saturated heterocycles. The first-order valence-corrected chi connectivity index (χ1v) is 8.08. The summed E-state index contributed by atoms with van der Waals surface area (Å²) in [7, 11) is 0. The van der Waals surface area contributed by atoms with Crippen molar-refractivity contribution >= 4 is 17.2 Å².